The summed E-state index contributed by atoms with van der Waals surface area (Å²) in [5.41, 5.74) is 0.667. The maximum absolute atomic E-state index is 13.0. The minimum absolute atomic E-state index is 0.0613. The summed E-state index contributed by atoms with van der Waals surface area (Å²) in [6.45, 7) is 5.20. The molecule has 9 heteroatoms. The van der Waals surface area contributed by atoms with Crippen LogP contribution in [0.1, 0.15) is 26.3 Å². The van der Waals surface area contributed by atoms with Crippen LogP contribution in [-0.2, 0) is 16.1 Å². The second kappa shape index (κ2) is 11.2. The number of nitrogens with zero attached hydrogens (tertiary/aromatic N) is 1. The van der Waals surface area contributed by atoms with E-state index in [0.29, 0.717) is 26.4 Å². The fourth-order valence-corrected chi connectivity index (χ4v) is 3.83. The molecule has 2 aromatic rings. The number of ether oxygens (including phenoxy) is 1. The molecule has 1 N–H and O–H groups in total. The predicted octanol–water partition coefficient (Wildman–Crippen LogP) is 5.73. The summed E-state index contributed by atoms with van der Waals surface area (Å²) < 4.78 is 6.40. The third-order valence-corrected chi connectivity index (χ3v) is 5.57. The van der Waals surface area contributed by atoms with E-state index in [0.717, 1.165) is 4.47 Å². The lowest BCUT2D eigenvalue weighted by Crippen LogP contribution is -2.50. The number of halogens is 4. The van der Waals surface area contributed by atoms with Crippen LogP contribution >= 0.6 is 50.7 Å². The van der Waals surface area contributed by atoms with Crippen LogP contribution in [0.4, 0.5) is 0 Å². The number of amides is 2. The van der Waals surface area contributed by atoms with E-state index in [-0.39, 0.29) is 31.0 Å². The van der Waals surface area contributed by atoms with Crippen molar-refractivity contribution in [3.8, 4) is 5.75 Å². The van der Waals surface area contributed by atoms with E-state index in [1.54, 1.807) is 43.3 Å². The molecular weight excluding hydrogens is 515 g/mol. The van der Waals surface area contributed by atoms with Crippen LogP contribution in [0.2, 0.25) is 15.1 Å². The van der Waals surface area contributed by atoms with Crippen LogP contribution in [0.25, 0.3) is 0 Å². The van der Waals surface area contributed by atoms with Crippen LogP contribution in [0.5, 0.6) is 5.75 Å². The molecule has 2 rings (SSSR count). The topological polar surface area (TPSA) is 58.6 Å². The summed E-state index contributed by atoms with van der Waals surface area (Å²) in [5, 5.41) is 4.09. The van der Waals surface area contributed by atoms with E-state index in [1.807, 2.05) is 13.8 Å². The van der Waals surface area contributed by atoms with Gasteiger partial charge in [-0.1, -0.05) is 56.8 Å². The Labute approximate surface area is 199 Å². The first kappa shape index (κ1) is 24.8. The number of carbonyl (C=O) groups is 2. The van der Waals surface area contributed by atoms with E-state index >= 15 is 0 Å². The molecule has 2 aromatic carbocycles. The first-order valence-electron chi connectivity index (χ1n) is 9.20. The molecule has 0 aliphatic carbocycles. The van der Waals surface area contributed by atoms with E-state index in [9.17, 15) is 9.59 Å². The summed E-state index contributed by atoms with van der Waals surface area (Å²) in [6, 6.07) is 9.30. The molecule has 0 aromatic heterocycles. The zero-order valence-electron chi connectivity index (χ0n) is 16.7. The van der Waals surface area contributed by atoms with Crippen molar-refractivity contribution in [2.24, 2.45) is 0 Å². The minimum atomic E-state index is -0.740. The summed E-state index contributed by atoms with van der Waals surface area (Å²) in [6.07, 6.45) is 0. The van der Waals surface area contributed by atoms with Gasteiger partial charge in [0.2, 0.25) is 5.91 Å². The molecule has 0 spiro atoms. The monoisotopic (exact) mass is 534 g/mol. The molecule has 0 aliphatic rings. The third-order valence-electron chi connectivity index (χ3n) is 4.20. The maximum atomic E-state index is 13.0. The van der Waals surface area contributed by atoms with Crippen molar-refractivity contribution in [3.63, 3.8) is 0 Å². The Morgan fingerprint density at radius 3 is 2.37 bits per heavy atom. The number of nitrogens with one attached hydrogen (secondary N) is 1. The van der Waals surface area contributed by atoms with E-state index in [1.165, 1.54) is 4.90 Å². The van der Waals surface area contributed by atoms with Crippen molar-refractivity contribution >= 4 is 62.5 Å². The summed E-state index contributed by atoms with van der Waals surface area (Å²) in [4.78, 5) is 27.0. The Kier molecular flexibility index (Phi) is 9.29. The summed E-state index contributed by atoms with van der Waals surface area (Å²) >= 11 is 21.7. The Bertz CT molecular complexity index is 924. The fraction of sp³-hybridized carbons (Fsp3) is 0.333. The van der Waals surface area contributed by atoms with Gasteiger partial charge in [0.15, 0.2) is 6.61 Å². The average Bonchev–Trinajstić information content (AvgIpc) is 2.65. The van der Waals surface area contributed by atoms with Crippen LogP contribution < -0.4 is 10.1 Å². The second-order valence-corrected chi connectivity index (χ2v) is 9.13. The number of benzene rings is 2. The highest BCUT2D eigenvalue weighted by atomic mass is 79.9. The maximum Gasteiger partial charge on any atom is 0.261 e. The lowest BCUT2D eigenvalue weighted by Gasteiger charge is -2.29. The van der Waals surface area contributed by atoms with Gasteiger partial charge in [0.05, 0.1) is 5.02 Å². The smallest absolute Gasteiger partial charge is 0.261 e. The average molecular weight is 537 g/mol. The SMILES string of the molecule is CC(C)NC(=O)C(C)N(Cc1ccc(Cl)cc1Cl)C(=O)COc1ccc(Br)cc1Cl. The number of hydrogen-bond acceptors (Lipinski definition) is 3. The standard InChI is InChI=1S/C21H22BrCl3N2O3/c1-12(2)26-21(29)13(3)27(10-14-4-6-16(23)9-17(14)24)20(28)11-30-19-7-5-15(22)8-18(19)25/h4-9,12-13H,10-11H2,1-3H3,(H,26,29). The van der Waals surface area contributed by atoms with Gasteiger partial charge in [0.25, 0.3) is 5.91 Å². The van der Waals surface area contributed by atoms with Gasteiger partial charge >= 0.3 is 0 Å². The highest BCUT2D eigenvalue weighted by Crippen LogP contribution is 2.28. The Balaban J connectivity index is 2.22. The zero-order valence-corrected chi connectivity index (χ0v) is 20.6. The van der Waals surface area contributed by atoms with Crippen LogP contribution in [0.3, 0.4) is 0 Å². The summed E-state index contributed by atoms with van der Waals surface area (Å²) in [7, 11) is 0. The van der Waals surface area contributed by atoms with Gasteiger partial charge in [0, 0.05) is 27.1 Å². The molecule has 0 radical (unpaired) electrons. The van der Waals surface area contributed by atoms with Gasteiger partial charge in [-0.2, -0.15) is 0 Å². The number of hydrogen-bond donors (Lipinski definition) is 1. The van der Waals surface area contributed by atoms with E-state index < -0.39 is 6.04 Å². The first-order chi connectivity index (χ1) is 14.1. The molecular formula is C21H22BrCl3N2O3. The molecule has 0 aliphatic heterocycles. The molecule has 0 heterocycles. The molecule has 2 amide bonds. The minimum Gasteiger partial charge on any atom is -0.482 e. The first-order valence-corrected chi connectivity index (χ1v) is 11.1. The molecule has 30 heavy (non-hydrogen) atoms. The zero-order chi connectivity index (χ0) is 22.4. The molecule has 0 fully saturated rings. The van der Waals surface area contributed by atoms with Crippen molar-refractivity contribution in [1.29, 1.82) is 0 Å². The Hall–Kier alpha value is -1.47. The van der Waals surface area contributed by atoms with Crippen molar-refractivity contribution in [3.05, 3.63) is 61.5 Å². The van der Waals surface area contributed by atoms with E-state index in [2.05, 4.69) is 21.2 Å². The molecule has 0 saturated heterocycles. The van der Waals surface area contributed by atoms with Crippen molar-refractivity contribution in [2.75, 3.05) is 6.61 Å². The van der Waals surface area contributed by atoms with Crippen LogP contribution in [0, 0.1) is 0 Å². The van der Waals surface area contributed by atoms with Crippen LogP contribution in [-0.4, -0.2) is 35.4 Å². The van der Waals surface area contributed by atoms with Gasteiger partial charge in [-0.15, -0.1) is 0 Å². The number of rotatable bonds is 8. The predicted molar refractivity (Wildman–Crippen MR) is 124 cm³/mol. The molecule has 0 bridgehead atoms. The lowest BCUT2D eigenvalue weighted by atomic mass is 10.1. The Morgan fingerprint density at radius 1 is 1.07 bits per heavy atom. The van der Waals surface area contributed by atoms with Gasteiger partial charge in [0.1, 0.15) is 11.8 Å². The third kappa shape index (κ3) is 7.05. The van der Waals surface area contributed by atoms with Crippen molar-refractivity contribution in [2.45, 2.75) is 39.4 Å². The molecule has 162 valence electrons. The molecule has 1 atom stereocenters. The summed E-state index contributed by atoms with van der Waals surface area (Å²) in [5.74, 6) is -0.284. The number of carbonyl (C=O) groups excluding carboxylic acids is 2. The highest BCUT2D eigenvalue weighted by Gasteiger charge is 2.27. The van der Waals surface area contributed by atoms with Gasteiger partial charge in [-0.25, -0.2) is 0 Å². The molecule has 1 unspecified atom stereocenters. The van der Waals surface area contributed by atoms with Crippen LogP contribution in [0.15, 0.2) is 40.9 Å². The van der Waals surface area contributed by atoms with E-state index in [4.69, 9.17) is 39.5 Å². The molecule has 0 saturated carbocycles. The molecule has 5 nitrogen and oxygen atoms in total. The normalized spacial score (nSPS) is 11.9. The second-order valence-electron chi connectivity index (χ2n) is 6.96. The fourth-order valence-electron chi connectivity index (χ4n) is 2.64. The lowest BCUT2D eigenvalue weighted by molar-refractivity contribution is -0.142. The van der Waals surface area contributed by atoms with Gasteiger partial charge in [-0.3, -0.25) is 9.59 Å². The van der Waals surface area contributed by atoms with Crippen molar-refractivity contribution < 1.29 is 14.3 Å². The van der Waals surface area contributed by atoms with Gasteiger partial charge < -0.3 is 15.0 Å². The van der Waals surface area contributed by atoms with Gasteiger partial charge in [-0.05, 0) is 56.7 Å². The highest BCUT2D eigenvalue weighted by molar-refractivity contribution is 9.10. The quantitative estimate of drug-likeness (QED) is 0.469. The Morgan fingerprint density at radius 2 is 1.77 bits per heavy atom. The largest absolute Gasteiger partial charge is 0.482 e. The van der Waals surface area contributed by atoms with Crippen molar-refractivity contribution in [1.82, 2.24) is 10.2 Å².